The van der Waals surface area contributed by atoms with E-state index in [1.165, 1.54) is 10.3 Å². The van der Waals surface area contributed by atoms with Crippen LogP contribution >= 0.6 is 11.3 Å². The molecular weight excluding hydrogens is 458 g/mol. The highest BCUT2D eigenvalue weighted by molar-refractivity contribution is 7.22. The number of fused-ring (bicyclic) bond motifs is 4. The molecule has 0 N–H and O–H groups in total. The minimum Gasteiger partial charge on any atom is -0.422 e. The first-order chi connectivity index (χ1) is 17.0. The van der Waals surface area contributed by atoms with Gasteiger partial charge in [-0.25, -0.2) is 9.78 Å². The summed E-state index contributed by atoms with van der Waals surface area (Å²) in [4.78, 5) is 34.9. The third-order valence-electron chi connectivity index (χ3n) is 6.77. The van der Waals surface area contributed by atoms with Crippen LogP contribution in [0.1, 0.15) is 35.7 Å². The monoisotopic (exact) mass is 483 g/mol. The van der Waals surface area contributed by atoms with Gasteiger partial charge in [0.05, 0.1) is 10.2 Å². The van der Waals surface area contributed by atoms with Gasteiger partial charge in [0.25, 0.3) is 5.91 Å². The zero-order valence-electron chi connectivity index (χ0n) is 19.7. The molecule has 3 aromatic carbocycles. The van der Waals surface area contributed by atoms with Gasteiger partial charge < -0.3 is 14.2 Å². The maximum absolute atomic E-state index is 13.3. The first-order valence-corrected chi connectivity index (χ1v) is 12.7. The zero-order chi connectivity index (χ0) is 24.1. The highest BCUT2D eigenvalue weighted by Crippen LogP contribution is 2.34. The number of thiazole rings is 1. The zero-order valence-corrected chi connectivity index (χ0v) is 20.5. The van der Waals surface area contributed by atoms with E-state index in [9.17, 15) is 9.59 Å². The maximum atomic E-state index is 13.3. The molecule has 35 heavy (non-hydrogen) atoms. The Kier molecular flexibility index (Phi) is 5.29. The Balaban J connectivity index is 1.25. The van der Waals surface area contributed by atoms with Crippen LogP contribution < -0.4 is 10.5 Å². The van der Waals surface area contributed by atoms with Crippen molar-refractivity contribution in [2.24, 2.45) is 0 Å². The smallest absolute Gasteiger partial charge is 0.349 e. The lowest BCUT2D eigenvalue weighted by molar-refractivity contribution is 0.0742. The van der Waals surface area contributed by atoms with E-state index in [1.54, 1.807) is 28.4 Å². The van der Waals surface area contributed by atoms with Crippen molar-refractivity contribution in [1.29, 1.82) is 0 Å². The standard InChI is InChI=1S/C28H25N3O3S/c1-17(2)19-8-5-9-24-25(19)29-28(35-24)31-14-12-30(13-15-31)26(32)22-16-21-20-7-4-3-6-18(20)10-11-23(21)34-27(22)33/h3-11,16-17H,12-15H2,1-2H3. The molecule has 0 spiro atoms. The Hall–Kier alpha value is -3.71. The van der Waals surface area contributed by atoms with Gasteiger partial charge in [0.1, 0.15) is 11.1 Å². The van der Waals surface area contributed by atoms with Crippen LogP contribution in [0.3, 0.4) is 0 Å². The van der Waals surface area contributed by atoms with Crippen molar-refractivity contribution < 1.29 is 9.21 Å². The van der Waals surface area contributed by atoms with Gasteiger partial charge in [0, 0.05) is 31.6 Å². The summed E-state index contributed by atoms with van der Waals surface area (Å²) in [6.07, 6.45) is 0. The van der Waals surface area contributed by atoms with Gasteiger partial charge in [-0.05, 0) is 40.5 Å². The molecule has 1 fully saturated rings. The highest BCUT2D eigenvalue weighted by atomic mass is 32.1. The molecule has 176 valence electrons. The van der Waals surface area contributed by atoms with E-state index in [1.807, 2.05) is 30.3 Å². The molecule has 5 aromatic rings. The lowest BCUT2D eigenvalue weighted by Gasteiger charge is -2.34. The average molecular weight is 484 g/mol. The summed E-state index contributed by atoms with van der Waals surface area (Å²) < 4.78 is 6.73. The number of piperazine rings is 1. The third-order valence-corrected chi connectivity index (χ3v) is 7.85. The number of nitrogens with zero attached hydrogens (tertiary/aromatic N) is 3. The Morgan fingerprint density at radius 1 is 0.971 bits per heavy atom. The second-order valence-electron chi connectivity index (χ2n) is 9.27. The summed E-state index contributed by atoms with van der Waals surface area (Å²) >= 11 is 1.69. The number of rotatable bonds is 3. The van der Waals surface area contributed by atoms with E-state index in [2.05, 4.69) is 36.9 Å². The van der Waals surface area contributed by atoms with Crippen LogP contribution in [0.4, 0.5) is 5.13 Å². The highest BCUT2D eigenvalue weighted by Gasteiger charge is 2.27. The topological polar surface area (TPSA) is 66.7 Å². The Morgan fingerprint density at radius 2 is 1.77 bits per heavy atom. The molecule has 6 rings (SSSR count). The third kappa shape index (κ3) is 3.76. The van der Waals surface area contributed by atoms with Crippen LogP contribution in [0.25, 0.3) is 32.0 Å². The Bertz CT molecular complexity index is 1640. The van der Waals surface area contributed by atoms with Crippen molar-refractivity contribution in [2.75, 3.05) is 31.1 Å². The van der Waals surface area contributed by atoms with Crippen LogP contribution in [0.2, 0.25) is 0 Å². The van der Waals surface area contributed by atoms with Crippen molar-refractivity contribution in [3.63, 3.8) is 0 Å². The number of hydrogen-bond acceptors (Lipinski definition) is 6. The van der Waals surface area contributed by atoms with Gasteiger partial charge in [-0.1, -0.05) is 67.6 Å². The number of aromatic nitrogens is 1. The van der Waals surface area contributed by atoms with Gasteiger partial charge in [-0.3, -0.25) is 4.79 Å². The van der Waals surface area contributed by atoms with Crippen molar-refractivity contribution in [3.8, 4) is 0 Å². The quantitative estimate of drug-likeness (QED) is 0.245. The second-order valence-corrected chi connectivity index (χ2v) is 10.3. The molecule has 1 aliphatic rings. The van der Waals surface area contributed by atoms with Crippen LogP contribution in [0, 0.1) is 0 Å². The molecular formula is C28H25N3O3S. The second kappa shape index (κ2) is 8.50. The first kappa shape index (κ1) is 21.8. The van der Waals surface area contributed by atoms with Gasteiger partial charge in [0.15, 0.2) is 5.13 Å². The summed E-state index contributed by atoms with van der Waals surface area (Å²) in [5.41, 5.74) is 2.32. The number of hydrogen-bond donors (Lipinski definition) is 0. The molecule has 0 atom stereocenters. The van der Waals surface area contributed by atoms with Crippen molar-refractivity contribution in [1.82, 2.24) is 9.88 Å². The lowest BCUT2D eigenvalue weighted by Crippen LogP contribution is -2.49. The SMILES string of the molecule is CC(C)c1cccc2sc(N3CCN(C(=O)c4cc5c(ccc6ccccc65)oc4=O)CC3)nc12. The average Bonchev–Trinajstić information content (AvgIpc) is 3.32. The van der Waals surface area contributed by atoms with Crippen LogP contribution in [0.5, 0.6) is 0 Å². The summed E-state index contributed by atoms with van der Waals surface area (Å²) in [6.45, 7) is 6.77. The van der Waals surface area contributed by atoms with Crippen LogP contribution in [0.15, 0.2) is 69.9 Å². The number of benzene rings is 3. The van der Waals surface area contributed by atoms with E-state index in [4.69, 9.17) is 9.40 Å². The van der Waals surface area contributed by atoms with Gasteiger partial charge in [-0.15, -0.1) is 0 Å². The van der Waals surface area contributed by atoms with Gasteiger partial charge in [0.2, 0.25) is 0 Å². The summed E-state index contributed by atoms with van der Waals surface area (Å²) in [5, 5.41) is 3.76. The fourth-order valence-corrected chi connectivity index (χ4v) is 5.90. The molecule has 1 aliphatic heterocycles. The van der Waals surface area contributed by atoms with E-state index in [-0.39, 0.29) is 11.5 Å². The van der Waals surface area contributed by atoms with Crippen molar-refractivity contribution in [2.45, 2.75) is 19.8 Å². The minimum absolute atomic E-state index is 0.0869. The molecule has 0 radical (unpaired) electrons. The molecule has 3 heterocycles. The van der Waals surface area contributed by atoms with E-state index in [0.717, 1.165) is 26.8 Å². The number of carbonyl (C=O) groups excluding carboxylic acids is 1. The molecule has 0 saturated carbocycles. The molecule has 0 bridgehead atoms. The fourth-order valence-electron chi connectivity index (χ4n) is 4.85. The molecule has 0 unspecified atom stereocenters. The predicted molar refractivity (Wildman–Crippen MR) is 142 cm³/mol. The van der Waals surface area contributed by atoms with Gasteiger partial charge in [-0.2, -0.15) is 0 Å². The van der Waals surface area contributed by atoms with Gasteiger partial charge >= 0.3 is 5.63 Å². The fraction of sp³-hybridized carbons (Fsp3) is 0.250. The number of para-hydroxylation sites is 1. The normalized spacial score (nSPS) is 14.5. The van der Waals surface area contributed by atoms with Crippen molar-refractivity contribution in [3.05, 3.63) is 82.2 Å². The molecule has 2 aromatic heterocycles. The molecule has 6 nitrogen and oxygen atoms in total. The first-order valence-electron chi connectivity index (χ1n) is 11.9. The largest absolute Gasteiger partial charge is 0.422 e. The maximum Gasteiger partial charge on any atom is 0.349 e. The predicted octanol–water partition coefficient (Wildman–Crippen LogP) is 5.64. The molecule has 0 aliphatic carbocycles. The van der Waals surface area contributed by atoms with Crippen LogP contribution in [-0.2, 0) is 0 Å². The molecule has 7 heteroatoms. The summed E-state index contributed by atoms with van der Waals surface area (Å²) in [6, 6.07) is 19.7. The molecule has 1 saturated heterocycles. The Labute approximate surface area is 206 Å². The van der Waals surface area contributed by atoms with E-state index >= 15 is 0 Å². The number of anilines is 1. The number of amides is 1. The molecule has 1 amide bonds. The van der Waals surface area contributed by atoms with Crippen molar-refractivity contribution >= 4 is 54.3 Å². The van der Waals surface area contributed by atoms with Crippen LogP contribution in [-0.4, -0.2) is 42.0 Å². The summed E-state index contributed by atoms with van der Waals surface area (Å²) in [7, 11) is 0. The summed E-state index contributed by atoms with van der Waals surface area (Å²) in [5.74, 6) is 0.133. The number of carbonyl (C=O) groups is 1. The van der Waals surface area contributed by atoms with E-state index in [0.29, 0.717) is 37.7 Å². The Morgan fingerprint density at radius 3 is 2.57 bits per heavy atom. The minimum atomic E-state index is -0.590. The van der Waals surface area contributed by atoms with E-state index < -0.39 is 5.63 Å². The lowest BCUT2D eigenvalue weighted by atomic mass is 10.0.